The van der Waals surface area contributed by atoms with E-state index in [4.69, 9.17) is 14.4 Å². The van der Waals surface area contributed by atoms with Gasteiger partial charge >= 0.3 is 0 Å². The summed E-state index contributed by atoms with van der Waals surface area (Å²) in [5, 5.41) is 7.96. The average Bonchev–Trinajstić information content (AvgIpc) is 4.03. The van der Waals surface area contributed by atoms with Gasteiger partial charge in [-0.05, 0) is 127 Å². The molecule has 4 nitrogen and oxygen atoms in total. The average molecular weight is 784 g/mol. The molecule has 0 fully saturated rings. The summed E-state index contributed by atoms with van der Waals surface area (Å²) >= 11 is 0. The number of anilines is 3. The number of furan rings is 1. The SMILES string of the molecule is C[Si]1(C)c2ccccc2-c2ccc(N(c3ccccc3)c3cccc4c3oc3c5c(ccc34)C3(c4cccnc4-c4ncccc43)c3ccc4c6c(ccc-5c36)CC4)cc21. The van der Waals surface area contributed by atoms with Crippen LogP contribution in [0.4, 0.5) is 17.1 Å². The maximum absolute atomic E-state index is 7.53. The van der Waals surface area contributed by atoms with E-state index in [1.165, 1.54) is 76.8 Å². The molecule has 0 N–H and O–H groups in total. The molecule has 4 heterocycles. The number of aromatic nitrogens is 2. The fourth-order valence-corrected chi connectivity index (χ4v) is 15.0. The first-order chi connectivity index (χ1) is 29.5. The van der Waals surface area contributed by atoms with Gasteiger partial charge in [-0.3, -0.25) is 9.97 Å². The van der Waals surface area contributed by atoms with Crippen LogP contribution in [-0.4, -0.2) is 18.0 Å². The van der Waals surface area contributed by atoms with E-state index in [9.17, 15) is 0 Å². The molecule has 14 rings (SSSR count). The molecular formula is C55H37N3OSi. The lowest BCUT2D eigenvalue weighted by Gasteiger charge is -2.39. The lowest BCUT2D eigenvalue weighted by atomic mass is 9.61. The molecule has 0 atom stereocenters. The lowest BCUT2D eigenvalue weighted by Crippen LogP contribution is -2.49. The van der Waals surface area contributed by atoms with Gasteiger partial charge in [0.15, 0.2) is 5.58 Å². The summed E-state index contributed by atoms with van der Waals surface area (Å²) in [4.78, 5) is 12.5. The molecule has 4 aliphatic rings. The molecule has 0 amide bonds. The number of para-hydroxylation sites is 2. The van der Waals surface area contributed by atoms with Crippen molar-refractivity contribution in [1.82, 2.24) is 9.97 Å². The van der Waals surface area contributed by atoms with Gasteiger partial charge in [0.1, 0.15) is 13.7 Å². The van der Waals surface area contributed by atoms with Crippen molar-refractivity contribution < 1.29 is 4.42 Å². The summed E-state index contributed by atoms with van der Waals surface area (Å²) in [6.45, 7) is 4.98. The maximum atomic E-state index is 7.53. The number of pyridine rings is 2. The van der Waals surface area contributed by atoms with Gasteiger partial charge in [-0.15, -0.1) is 0 Å². The van der Waals surface area contributed by atoms with Crippen molar-refractivity contribution in [2.75, 3.05) is 4.90 Å². The Hall–Kier alpha value is -7.08. The summed E-state index contributed by atoms with van der Waals surface area (Å²) < 4.78 is 7.53. The van der Waals surface area contributed by atoms with Gasteiger partial charge in [-0.2, -0.15) is 0 Å². The maximum Gasteiger partial charge on any atom is 0.159 e. The van der Waals surface area contributed by atoms with Gasteiger partial charge in [0, 0.05) is 40.1 Å². The van der Waals surface area contributed by atoms with E-state index < -0.39 is 13.5 Å². The smallest absolute Gasteiger partial charge is 0.159 e. The van der Waals surface area contributed by atoms with Crippen molar-refractivity contribution in [2.45, 2.75) is 31.4 Å². The Morgan fingerprint density at radius 2 is 1.20 bits per heavy atom. The lowest BCUT2D eigenvalue weighted by molar-refractivity contribution is 0.667. The molecule has 3 aliphatic carbocycles. The first-order valence-electron chi connectivity index (χ1n) is 21.1. The molecule has 1 aliphatic heterocycles. The Labute approximate surface area is 348 Å². The summed E-state index contributed by atoms with van der Waals surface area (Å²) in [6.07, 6.45) is 5.94. The van der Waals surface area contributed by atoms with Crippen LogP contribution in [-0.2, 0) is 18.3 Å². The zero-order valence-corrected chi connectivity index (χ0v) is 34.3. The predicted molar refractivity (Wildman–Crippen MR) is 247 cm³/mol. The molecule has 5 heteroatoms. The van der Waals surface area contributed by atoms with Gasteiger partial charge < -0.3 is 9.32 Å². The molecule has 282 valence electrons. The molecule has 0 saturated carbocycles. The third kappa shape index (κ3) is 3.88. The van der Waals surface area contributed by atoms with Crippen LogP contribution in [0.5, 0.6) is 0 Å². The Bertz CT molecular complexity index is 3490. The number of fused-ring (bicyclic) bond motifs is 16. The molecule has 0 saturated heterocycles. The molecule has 1 spiro atoms. The predicted octanol–water partition coefficient (Wildman–Crippen LogP) is 12.2. The van der Waals surface area contributed by atoms with Crippen LogP contribution in [0.25, 0.3) is 66.4 Å². The molecule has 60 heavy (non-hydrogen) atoms. The van der Waals surface area contributed by atoms with E-state index >= 15 is 0 Å². The summed E-state index contributed by atoms with van der Waals surface area (Å²) in [7, 11) is -1.94. The van der Waals surface area contributed by atoms with Gasteiger partial charge in [0.25, 0.3) is 0 Å². The fourth-order valence-electron chi connectivity index (χ4n) is 12.0. The standard InChI is InChI=1S/C55H37N3OSi/c1-60(2)46-18-7-6-13-36(46)37-25-23-35(31-47(37)60)58(34-11-4-3-5-12-34)45-17-8-14-38-39-26-28-42-50(54(39)59-53(38)45)40-24-21-32-19-20-33-22-27-41(49(40)48(32)33)55(42)43-15-9-29-56-51(43)52-44(55)16-10-30-57-52/h3-18,21-31H,19-20H2,1-2H3. The third-order valence-electron chi connectivity index (χ3n) is 14.4. The third-order valence-corrected chi connectivity index (χ3v) is 18.0. The highest BCUT2D eigenvalue weighted by molar-refractivity contribution is 7.03. The van der Waals surface area contributed by atoms with Crippen molar-refractivity contribution in [1.29, 1.82) is 0 Å². The van der Waals surface area contributed by atoms with Gasteiger partial charge in [0.2, 0.25) is 0 Å². The van der Waals surface area contributed by atoms with Crippen LogP contribution < -0.4 is 15.3 Å². The second-order valence-electron chi connectivity index (χ2n) is 17.5. The van der Waals surface area contributed by atoms with E-state index in [0.29, 0.717) is 0 Å². The molecule has 10 aromatic rings. The van der Waals surface area contributed by atoms with Crippen LogP contribution in [0, 0.1) is 0 Å². The van der Waals surface area contributed by atoms with E-state index in [0.717, 1.165) is 63.2 Å². The monoisotopic (exact) mass is 783 g/mol. The van der Waals surface area contributed by atoms with E-state index in [2.05, 4.69) is 170 Å². The van der Waals surface area contributed by atoms with Crippen molar-refractivity contribution in [3.63, 3.8) is 0 Å². The summed E-state index contributed by atoms with van der Waals surface area (Å²) in [5.74, 6) is 0. The van der Waals surface area contributed by atoms with Crippen LogP contribution in [0.2, 0.25) is 13.1 Å². The topological polar surface area (TPSA) is 42.2 Å². The van der Waals surface area contributed by atoms with Gasteiger partial charge in [0.05, 0.1) is 22.5 Å². The van der Waals surface area contributed by atoms with Gasteiger partial charge in [-0.1, -0.05) is 122 Å². The quantitative estimate of drug-likeness (QED) is 0.167. The van der Waals surface area contributed by atoms with E-state index in [1.54, 1.807) is 0 Å². The summed E-state index contributed by atoms with van der Waals surface area (Å²) in [6, 6.07) is 56.6. The fraction of sp³-hybridized carbons (Fsp3) is 0.0909. The molecule has 7 aromatic carbocycles. The first-order valence-corrected chi connectivity index (χ1v) is 24.1. The highest BCUT2D eigenvalue weighted by Gasteiger charge is 2.52. The van der Waals surface area contributed by atoms with Crippen LogP contribution in [0.1, 0.15) is 33.4 Å². The normalized spacial score (nSPS) is 15.3. The molecule has 0 unspecified atom stereocenters. The number of hydrogen-bond acceptors (Lipinski definition) is 4. The largest absolute Gasteiger partial charge is 0.453 e. The highest BCUT2D eigenvalue weighted by atomic mass is 28.3. The van der Waals surface area contributed by atoms with Crippen molar-refractivity contribution in [2.24, 2.45) is 0 Å². The molecule has 0 radical (unpaired) electrons. The van der Waals surface area contributed by atoms with E-state index in [1.807, 2.05) is 12.4 Å². The number of rotatable bonds is 3. The van der Waals surface area contributed by atoms with E-state index in [-0.39, 0.29) is 0 Å². The number of hydrogen-bond donors (Lipinski definition) is 0. The number of benzene rings is 7. The Kier molecular flexibility index (Phi) is 6.21. The second kappa shape index (κ2) is 11.3. The molecule has 3 aromatic heterocycles. The minimum Gasteiger partial charge on any atom is -0.453 e. The first kappa shape index (κ1) is 32.8. The Morgan fingerprint density at radius 1 is 0.517 bits per heavy atom. The van der Waals surface area contributed by atoms with Gasteiger partial charge in [-0.25, -0.2) is 0 Å². The van der Waals surface area contributed by atoms with Crippen molar-refractivity contribution in [3.05, 3.63) is 197 Å². The summed E-state index contributed by atoms with van der Waals surface area (Å²) in [5.41, 5.74) is 19.3. The second-order valence-corrected chi connectivity index (χ2v) is 21.9. The Balaban J connectivity index is 1.08. The minimum atomic E-state index is -1.94. The van der Waals surface area contributed by atoms with Crippen LogP contribution in [0.15, 0.2) is 168 Å². The van der Waals surface area contributed by atoms with Crippen LogP contribution in [0.3, 0.4) is 0 Å². The minimum absolute atomic E-state index is 0.611. The zero-order valence-electron chi connectivity index (χ0n) is 33.3. The zero-order chi connectivity index (χ0) is 39.5. The molecular weight excluding hydrogens is 747 g/mol. The highest BCUT2D eigenvalue weighted by Crippen LogP contribution is 2.63. The van der Waals surface area contributed by atoms with Crippen molar-refractivity contribution in [3.8, 4) is 33.6 Å². The number of nitrogens with zero attached hydrogens (tertiary/aromatic N) is 3. The number of aryl methyl sites for hydroxylation is 2. The molecule has 0 bridgehead atoms. The van der Waals surface area contributed by atoms with Crippen molar-refractivity contribution >= 4 is 68.2 Å². The Morgan fingerprint density at radius 3 is 2.00 bits per heavy atom. The van der Waals surface area contributed by atoms with Crippen LogP contribution >= 0.6 is 0 Å².